The zero-order valence-corrected chi connectivity index (χ0v) is 12.6. The predicted molar refractivity (Wildman–Crippen MR) is 74.4 cm³/mol. The van der Waals surface area contributed by atoms with Crippen molar-refractivity contribution < 1.29 is 14.4 Å². The number of aliphatic hydroxyl groups is 1. The second kappa shape index (κ2) is 4.61. The van der Waals surface area contributed by atoms with E-state index in [4.69, 9.17) is 9.31 Å². The van der Waals surface area contributed by atoms with Gasteiger partial charge in [-0.1, -0.05) is 0 Å². The smallest absolute Gasteiger partial charge is 0.399 e. The van der Waals surface area contributed by atoms with Crippen LogP contribution in [-0.2, 0) is 15.9 Å². The maximum Gasteiger partial charge on any atom is 0.498 e. The molecule has 0 aliphatic carbocycles. The van der Waals surface area contributed by atoms with Gasteiger partial charge in [0, 0.05) is 17.4 Å². The van der Waals surface area contributed by atoms with Gasteiger partial charge in [0.25, 0.3) is 0 Å². The van der Waals surface area contributed by atoms with Gasteiger partial charge in [-0.25, -0.2) is 0 Å². The second-order valence-electron chi connectivity index (χ2n) is 6.30. The van der Waals surface area contributed by atoms with Gasteiger partial charge in [-0.2, -0.15) is 5.10 Å². The van der Waals surface area contributed by atoms with E-state index in [0.717, 1.165) is 11.2 Å². The van der Waals surface area contributed by atoms with Gasteiger partial charge in [0.05, 0.1) is 23.9 Å². The van der Waals surface area contributed by atoms with E-state index in [1.165, 1.54) is 0 Å². The van der Waals surface area contributed by atoms with Crippen LogP contribution in [0.4, 0.5) is 0 Å². The lowest BCUT2D eigenvalue weighted by molar-refractivity contribution is 0.00578. The highest BCUT2D eigenvalue weighted by atomic mass is 16.7. The zero-order valence-electron chi connectivity index (χ0n) is 12.6. The Morgan fingerprint density at radius 2 is 1.84 bits per heavy atom. The van der Waals surface area contributed by atoms with Gasteiger partial charge in [0.2, 0.25) is 0 Å². The molecule has 0 unspecified atom stereocenters. The van der Waals surface area contributed by atoms with Crippen molar-refractivity contribution in [1.29, 1.82) is 0 Å². The standard InChI is InChI=1S/C13H23BN2O3/c1-9(17)8-16-10(2)11(7-15-16)14-18-12(3,4)13(5,6)19-14/h7,9,17H,8H2,1-6H3/t9-/m1/s1. The first-order valence-corrected chi connectivity index (χ1v) is 6.70. The van der Waals surface area contributed by atoms with Crippen LogP contribution < -0.4 is 5.46 Å². The van der Waals surface area contributed by atoms with E-state index in [1.54, 1.807) is 17.8 Å². The van der Waals surface area contributed by atoms with Crippen molar-refractivity contribution >= 4 is 12.6 Å². The van der Waals surface area contributed by atoms with Crippen LogP contribution in [0.3, 0.4) is 0 Å². The summed E-state index contributed by atoms with van der Waals surface area (Å²) in [5, 5.41) is 13.7. The molecule has 5 nitrogen and oxygen atoms in total. The lowest BCUT2D eigenvalue weighted by Gasteiger charge is -2.32. The van der Waals surface area contributed by atoms with E-state index in [1.807, 2.05) is 34.6 Å². The minimum atomic E-state index is -0.426. The van der Waals surface area contributed by atoms with Gasteiger partial charge in [-0.15, -0.1) is 0 Å². The van der Waals surface area contributed by atoms with Crippen LogP contribution >= 0.6 is 0 Å². The summed E-state index contributed by atoms with van der Waals surface area (Å²) in [5.74, 6) is 0. The Labute approximate surface area is 115 Å². The molecule has 19 heavy (non-hydrogen) atoms. The molecule has 1 aliphatic heterocycles. The van der Waals surface area contributed by atoms with Crippen LogP contribution in [0, 0.1) is 6.92 Å². The van der Waals surface area contributed by atoms with Crippen molar-refractivity contribution in [3.05, 3.63) is 11.9 Å². The van der Waals surface area contributed by atoms with E-state index < -0.39 is 13.2 Å². The van der Waals surface area contributed by atoms with Crippen LogP contribution in [0.25, 0.3) is 0 Å². The monoisotopic (exact) mass is 266 g/mol. The van der Waals surface area contributed by atoms with Gasteiger partial charge in [-0.05, 0) is 41.5 Å². The molecular weight excluding hydrogens is 243 g/mol. The highest BCUT2D eigenvalue weighted by Gasteiger charge is 2.52. The Morgan fingerprint density at radius 1 is 1.32 bits per heavy atom. The largest absolute Gasteiger partial charge is 0.498 e. The number of nitrogens with zero attached hydrogens (tertiary/aromatic N) is 2. The highest BCUT2D eigenvalue weighted by Crippen LogP contribution is 2.36. The van der Waals surface area contributed by atoms with Crippen molar-refractivity contribution in [2.45, 2.75) is 65.4 Å². The minimum Gasteiger partial charge on any atom is -0.399 e. The van der Waals surface area contributed by atoms with Crippen LogP contribution in [0.1, 0.15) is 40.3 Å². The summed E-state index contributed by atoms with van der Waals surface area (Å²) in [6.07, 6.45) is 1.34. The lowest BCUT2D eigenvalue weighted by atomic mass is 9.79. The molecule has 2 heterocycles. The predicted octanol–water partition coefficient (Wildman–Crippen LogP) is 0.872. The third kappa shape index (κ3) is 2.57. The molecule has 6 heteroatoms. The molecule has 1 atom stereocenters. The molecule has 1 aliphatic rings. The molecule has 106 valence electrons. The van der Waals surface area contributed by atoms with E-state index in [9.17, 15) is 5.11 Å². The van der Waals surface area contributed by atoms with Crippen LogP contribution in [0.15, 0.2) is 6.20 Å². The summed E-state index contributed by atoms with van der Waals surface area (Å²) in [4.78, 5) is 0. The Morgan fingerprint density at radius 3 is 2.32 bits per heavy atom. The molecule has 0 amide bonds. The van der Waals surface area contributed by atoms with Crippen molar-refractivity contribution in [2.75, 3.05) is 0 Å². The quantitative estimate of drug-likeness (QED) is 0.825. The van der Waals surface area contributed by atoms with Crippen molar-refractivity contribution in [2.24, 2.45) is 0 Å². The van der Waals surface area contributed by atoms with Gasteiger partial charge < -0.3 is 14.4 Å². The maximum atomic E-state index is 9.45. The number of hydrogen-bond donors (Lipinski definition) is 1. The molecule has 1 aromatic rings. The van der Waals surface area contributed by atoms with Crippen LogP contribution in [-0.4, -0.2) is 39.3 Å². The Kier molecular flexibility index (Phi) is 3.54. The second-order valence-corrected chi connectivity index (χ2v) is 6.30. The third-order valence-electron chi connectivity index (χ3n) is 4.09. The van der Waals surface area contributed by atoms with Crippen molar-refractivity contribution in [3.8, 4) is 0 Å². The summed E-state index contributed by atoms with van der Waals surface area (Å²) in [5.41, 5.74) is 1.20. The highest BCUT2D eigenvalue weighted by molar-refractivity contribution is 6.62. The molecular formula is C13H23BN2O3. The number of hydrogen-bond acceptors (Lipinski definition) is 4. The summed E-state index contributed by atoms with van der Waals surface area (Å²) in [7, 11) is -0.396. The number of aromatic nitrogens is 2. The first-order chi connectivity index (χ1) is 8.64. The molecule has 0 saturated carbocycles. The summed E-state index contributed by atoms with van der Waals surface area (Å²) >= 11 is 0. The number of rotatable bonds is 3. The molecule has 0 radical (unpaired) electrons. The lowest BCUT2D eigenvalue weighted by Crippen LogP contribution is -2.41. The fraction of sp³-hybridized carbons (Fsp3) is 0.769. The first-order valence-electron chi connectivity index (χ1n) is 6.70. The fourth-order valence-electron chi connectivity index (χ4n) is 2.10. The molecule has 1 N–H and O–H groups in total. The average Bonchev–Trinajstić information content (AvgIpc) is 2.66. The molecule has 0 spiro atoms. The summed E-state index contributed by atoms with van der Waals surface area (Å²) in [6.45, 7) is 12.3. The molecule has 2 rings (SSSR count). The Balaban J connectivity index is 2.23. The van der Waals surface area contributed by atoms with Crippen molar-refractivity contribution in [1.82, 2.24) is 9.78 Å². The summed E-state index contributed by atoms with van der Waals surface area (Å²) < 4.78 is 13.8. The maximum absolute atomic E-state index is 9.45. The van der Waals surface area contributed by atoms with Gasteiger partial charge >= 0.3 is 7.12 Å². The molecule has 1 saturated heterocycles. The van der Waals surface area contributed by atoms with E-state index in [0.29, 0.717) is 6.54 Å². The molecule has 0 aromatic carbocycles. The first kappa shape index (κ1) is 14.6. The van der Waals surface area contributed by atoms with Crippen molar-refractivity contribution in [3.63, 3.8) is 0 Å². The fourth-order valence-corrected chi connectivity index (χ4v) is 2.10. The molecule has 0 bridgehead atoms. The normalized spacial score (nSPS) is 22.8. The molecule has 1 aromatic heterocycles. The van der Waals surface area contributed by atoms with E-state index >= 15 is 0 Å². The van der Waals surface area contributed by atoms with Crippen LogP contribution in [0.2, 0.25) is 0 Å². The Hall–Kier alpha value is -0.845. The third-order valence-corrected chi connectivity index (χ3v) is 4.09. The summed E-state index contributed by atoms with van der Waals surface area (Å²) in [6, 6.07) is 0. The average molecular weight is 266 g/mol. The number of aliphatic hydroxyl groups excluding tert-OH is 1. The van der Waals surface area contributed by atoms with Gasteiger partial charge in [-0.3, -0.25) is 4.68 Å². The Bertz CT molecular complexity index is 452. The van der Waals surface area contributed by atoms with Gasteiger partial charge in [0.15, 0.2) is 0 Å². The topological polar surface area (TPSA) is 56.5 Å². The van der Waals surface area contributed by atoms with E-state index in [2.05, 4.69) is 5.10 Å². The van der Waals surface area contributed by atoms with Crippen LogP contribution in [0.5, 0.6) is 0 Å². The van der Waals surface area contributed by atoms with E-state index in [-0.39, 0.29) is 11.2 Å². The van der Waals surface area contributed by atoms with Gasteiger partial charge in [0.1, 0.15) is 0 Å². The SMILES string of the molecule is Cc1c(B2OC(C)(C)C(C)(C)O2)cnn1C[C@@H](C)O. The zero-order chi connectivity index (χ0) is 14.4. The minimum absolute atomic E-state index is 0.351. The molecule has 1 fully saturated rings.